The largest absolute Gasteiger partial charge is 0.468 e. The molecule has 4 heteroatoms. The molecule has 0 unspecified atom stereocenters. The smallest absolute Gasteiger partial charge is 0.125 e. The molecule has 1 aliphatic carbocycles. The van der Waals surface area contributed by atoms with Crippen molar-refractivity contribution in [2.45, 2.75) is 45.3 Å². The Kier molecular flexibility index (Phi) is 4.55. The van der Waals surface area contributed by atoms with E-state index in [2.05, 4.69) is 34.3 Å². The van der Waals surface area contributed by atoms with Crippen LogP contribution in [0.15, 0.2) is 41.1 Å². The summed E-state index contributed by atoms with van der Waals surface area (Å²) in [5, 5.41) is 3.31. The van der Waals surface area contributed by atoms with Crippen LogP contribution in [0.25, 0.3) is 0 Å². The Bertz CT molecular complexity index is 532. The molecule has 4 nitrogen and oxygen atoms in total. The van der Waals surface area contributed by atoms with Gasteiger partial charge in [-0.25, -0.2) is 4.98 Å². The molecule has 1 N–H and O–H groups in total. The molecule has 0 aromatic carbocycles. The fourth-order valence-corrected chi connectivity index (χ4v) is 2.47. The van der Waals surface area contributed by atoms with Crippen LogP contribution in [0.4, 0.5) is 5.82 Å². The highest BCUT2D eigenvalue weighted by atomic mass is 16.3. The summed E-state index contributed by atoms with van der Waals surface area (Å²) in [5.74, 6) is 2.00. The Morgan fingerprint density at radius 2 is 2.19 bits per heavy atom. The third-order valence-corrected chi connectivity index (χ3v) is 3.77. The molecule has 0 atom stereocenters. The number of pyridine rings is 1. The quantitative estimate of drug-likeness (QED) is 0.803. The van der Waals surface area contributed by atoms with Crippen LogP contribution < -0.4 is 5.32 Å². The van der Waals surface area contributed by atoms with E-state index in [1.165, 1.54) is 18.4 Å². The SMILES string of the molecule is CCCNc1ccc(CN(Cc2ccco2)C2CC2)cn1. The average Bonchev–Trinajstić information content (AvgIpc) is 3.24. The Balaban J connectivity index is 1.60. The summed E-state index contributed by atoms with van der Waals surface area (Å²) < 4.78 is 5.48. The van der Waals surface area contributed by atoms with E-state index < -0.39 is 0 Å². The Morgan fingerprint density at radius 1 is 1.29 bits per heavy atom. The van der Waals surface area contributed by atoms with Crippen LogP contribution in [-0.4, -0.2) is 22.5 Å². The number of hydrogen-bond acceptors (Lipinski definition) is 4. The lowest BCUT2D eigenvalue weighted by Gasteiger charge is -2.20. The Morgan fingerprint density at radius 3 is 2.81 bits per heavy atom. The maximum Gasteiger partial charge on any atom is 0.125 e. The molecule has 1 aliphatic rings. The molecule has 21 heavy (non-hydrogen) atoms. The van der Waals surface area contributed by atoms with Crippen molar-refractivity contribution < 1.29 is 4.42 Å². The van der Waals surface area contributed by atoms with E-state index >= 15 is 0 Å². The first kappa shape index (κ1) is 14.1. The maximum atomic E-state index is 5.48. The van der Waals surface area contributed by atoms with E-state index in [1.807, 2.05) is 18.3 Å². The minimum absolute atomic E-state index is 0.702. The molecule has 0 amide bonds. The summed E-state index contributed by atoms with van der Waals surface area (Å²) in [6.45, 7) is 4.95. The molecule has 112 valence electrons. The van der Waals surface area contributed by atoms with Crippen LogP contribution in [0, 0.1) is 0 Å². The zero-order valence-electron chi connectivity index (χ0n) is 12.6. The van der Waals surface area contributed by atoms with E-state index in [-0.39, 0.29) is 0 Å². The first-order valence-corrected chi connectivity index (χ1v) is 7.80. The van der Waals surface area contributed by atoms with Crippen molar-refractivity contribution in [3.8, 4) is 0 Å². The second kappa shape index (κ2) is 6.76. The lowest BCUT2D eigenvalue weighted by molar-refractivity contribution is 0.225. The van der Waals surface area contributed by atoms with Crippen LogP contribution in [-0.2, 0) is 13.1 Å². The van der Waals surface area contributed by atoms with Gasteiger partial charge in [-0.15, -0.1) is 0 Å². The lowest BCUT2D eigenvalue weighted by atomic mass is 10.2. The number of rotatable bonds is 8. The first-order valence-electron chi connectivity index (χ1n) is 7.80. The number of aromatic nitrogens is 1. The molecule has 0 aliphatic heterocycles. The van der Waals surface area contributed by atoms with Crippen molar-refractivity contribution in [1.82, 2.24) is 9.88 Å². The van der Waals surface area contributed by atoms with Gasteiger partial charge in [0, 0.05) is 25.3 Å². The predicted octanol–water partition coefficient (Wildman–Crippen LogP) is 3.66. The topological polar surface area (TPSA) is 41.3 Å². The van der Waals surface area contributed by atoms with Gasteiger partial charge in [-0.1, -0.05) is 13.0 Å². The molecule has 0 saturated heterocycles. The summed E-state index contributed by atoms with van der Waals surface area (Å²) in [4.78, 5) is 6.97. The summed E-state index contributed by atoms with van der Waals surface area (Å²) in [5.41, 5.74) is 1.26. The first-order chi connectivity index (χ1) is 10.3. The third kappa shape index (κ3) is 4.08. The van der Waals surface area contributed by atoms with Gasteiger partial charge in [0.1, 0.15) is 11.6 Å². The Hall–Kier alpha value is -1.81. The van der Waals surface area contributed by atoms with Crippen molar-refractivity contribution in [3.63, 3.8) is 0 Å². The van der Waals surface area contributed by atoms with Crippen molar-refractivity contribution in [2.75, 3.05) is 11.9 Å². The number of hydrogen-bond donors (Lipinski definition) is 1. The van der Waals surface area contributed by atoms with Crippen LogP contribution in [0.2, 0.25) is 0 Å². The highest BCUT2D eigenvalue weighted by Gasteiger charge is 2.29. The predicted molar refractivity (Wildman–Crippen MR) is 84.0 cm³/mol. The molecule has 0 spiro atoms. The van der Waals surface area contributed by atoms with Gasteiger partial charge in [-0.05, 0) is 43.0 Å². The van der Waals surface area contributed by atoms with Crippen LogP contribution in [0.5, 0.6) is 0 Å². The van der Waals surface area contributed by atoms with Gasteiger partial charge in [0.15, 0.2) is 0 Å². The number of nitrogens with zero attached hydrogens (tertiary/aromatic N) is 2. The van der Waals surface area contributed by atoms with Gasteiger partial charge >= 0.3 is 0 Å². The fourth-order valence-electron chi connectivity index (χ4n) is 2.47. The summed E-state index contributed by atoms with van der Waals surface area (Å²) in [7, 11) is 0. The van der Waals surface area contributed by atoms with Gasteiger partial charge in [0.05, 0.1) is 12.8 Å². The van der Waals surface area contributed by atoms with Crippen LogP contribution in [0.1, 0.15) is 37.5 Å². The zero-order valence-corrected chi connectivity index (χ0v) is 12.6. The summed E-state index contributed by atoms with van der Waals surface area (Å²) >= 11 is 0. The van der Waals surface area contributed by atoms with Gasteiger partial charge < -0.3 is 9.73 Å². The minimum atomic E-state index is 0.702. The molecule has 2 aromatic heterocycles. The van der Waals surface area contributed by atoms with E-state index in [0.717, 1.165) is 37.6 Å². The molecule has 2 heterocycles. The van der Waals surface area contributed by atoms with Gasteiger partial charge in [-0.3, -0.25) is 4.90 Å². The maximum absolute atomic E-state index is 5.48. The van der Waals surface area contributed by atoms with Crippen LogP contribution in [0.3, 0.4) is 0 Å². The molecule has 0 bridgehead atoms. The lowest BCUT2D eigenvalue weighted by Crippen LogP contribution is -2.24. The second-order valence-corrected chi connectivity index (χ2v) is 5.69. The monoisotopic (exact) mass is 285 g/mol. The fraction of sp³-hybridized carbons (Fsp3) is 0.471. The molecule has 2 aromatic rings. The van der Waals surface area contributed by atoms with E-state index in [9.17, 15) is 0 Å². The second-order valence-electron chi connectivity index (χ2n) is 5.69. The zero-order chi connectivity index (χ0) is 14.5. The van der Waals surface area contributed by atoms with Crippen molar-refractivity contribution in [1.29, 1.82) is 0 Å². The van der Waals surface area contributed by atoms with E-state index in [4.69, 9.17) is 4.42 Å². The van der Waals surface area contributed by atoms with E-state index in [1.54, 1.807) is 6.26 Å². The molecular weight excluding hydrogens is 262 g/mol. The standard InChI is InChI=1S/C17H23N3O/c1-2-9-18-17-8-5-14(11-19-17)12-20(15-6-7-15)13-16-4-3-10-21-16/h3-5,8,10-11,15H,2,6-7,9,12-13H2,1H3,(H,18,19). The van der Waals surface area contributed by atoms with Gasteiger partial charge in [-0.2, -0.15) is 0 Å². The summed E-state index contributed by atoms with van der Waals surface area (Å²) in [6, 6.07) is 8.94. The van der Waals surface area contributed by atoms with Gasteiger partial charge in [0.25, 0.3) is 0 Å². The molecule has 1 saturated carbocycles. The molecular formula is C17H23N3O. The highest BCUT2D eigenvalue weighted by molar-refractivity contribution is 5.35. The highest BCUT2D eigenvalue weighted by Crippen LogP contribution is 2.29. The normalized spacial score (nSPS) is 14.6. The van der Waals surface area contributed by atoms with Crippen molar-refractivity contribution in [2.24, 2.45) is 0 Å². The van der Waals surface area contributed by atoms with Crippen molar-refractivity contribution in [3.05, 3.63) is 48.0 Å². The minimum Gasteiger partial charge on any atom is -0.468 e. The summed E-state index contributed by atoms with van der Waals surface area (Å²) in [6.07, 6.45) is 7.43. The molecule has 1 fully saturated rings. The number of nitrogens with one attached hydrogen (secondary N) is 1. The van der Waals surface area contributed by atoms with Crippen LogP contribution >= 0.6 is 0 Å². The van der Waals surface area contributed by atoms with E-state index in [0.29, 0.717) is 6.04 Å². The third-order valence-electron chi connectivity index (χ3n) is 3.77. The number of anilines is 1. The van der Waals surface area contributed by atoms with Crippen molar-refractivity contribution >= 4 is 5.82 Å². The Labute approximate surface area is 126 Å². The average molecular weight is 285 g/mol. The molecule has 0 radical (unpaired) electrons. The van der Waals surface area contributed by atoms with Gasteiger partial charge in [0.2, 0.25) is 0 Å². The number of furan rings is 1. The molecule has 3 rings (SSSR count).